The molecule has 0 aromatic heterocycles. The van der Waals surface area contributed by atoms with Crippen LogP contribution >= 0.6 is 27.5 Å². The van der Waals surface area contributed by atoms with E-state index in [0.29, 0.717) is 16.3 Å². The van der Waals surface area contributed by atoms with E-state index in [1.807, 2.05) is 0 Å². The average molecular weight is 446 g/mol. The highest BCUT2D eigenvalue weighted by Crippen LogP contribution is 2.23. The molecule has 2 aromatic carbocycles. The van der Waals surface area contributed by atoms with Gasteiger partial charge in [0, 0.05) is 15.7 Å². The zero-order valence-corrected chi connectivity index (χ0v) is 17.1. The van der Waals surface area contributed by atoms with Gasteiger partial charge in [-0.2, -0.15) is 0 Å². The first kappa shape index (κ1) is 19.9. The van der Waals surface area contributed by atoms with Crippen molar-refractivity contribution in [3.8, 4) is 0 Å². The predicted molar refractivity (Wildman–Crippen MR) is 104 cm³/mol. The molecule has 1 amide bonds. The molecule has 0 unspecified atom stereocenters. The minimum Gasteiger partial charge on any atom is -0.322 e. The number of rotatable bonds is 4. The summed E-state index contributed by atoms with van der Waals surface area (Å²) < 4.78 is 28.1. The van der Waals surface area contributed by atoms with E-state index in [4.69, 9.17) is 11.6 Å². The molecule has 0 radical (unpaired) electrons. The van der Waals surface area contributed by atoms with Gasteiger partial charge >= 0.3 is 0 Å². The van der Waals surface area contributed by atoms with Crippen LogP contribution in [0.25, 0.3) is 0 Å². The number of anilines is 1. The van der Waals surface area contributed by atoms with Crippen LogP contribution in [0.3, 0.4) is 0 Å². The Labute approximate surface area is 161 Å². The fourth-order valence-electron chi connectivity index (χ4n) is 2.08. The van der Waals surface area contributed by atoms with Gasteiger partial charge in [0.15, 0.2) is 0 Å². The maximum Gasteiger partial charge on any atom is 0.257 e. The van der Waals surface area contributed by atoms with Gasteiger partial charge in [-0.15, -0.1) is 0 Å². The van der Waals surface area contributed by atoms with Gasteiger partial charge in [0.25, 0.3) is 5.91 Å². The third-order valence-electron chi connectivity index (χ3n) is 3.02. The summed E-state index contributed by atoms with van der Waals surface area (Å²) in [5.74, 6) is -0.421. The van der Waals surface area contributed by atoms with Gasteiger partial charge in [0.2, 0.25) is 10.0 Å². The van der Waals surface area contributed by atoms with Crippen LogP contribution in [0.15, 0.2) is 51.8 Å². The van der Waals surface area contributed by atoms with E-state index < -0.39 is 21.5 Å². The van der Waals surface area contributed by atoms with Crippen LogP contribution in [0.5, 0.6) is 0 Å². The van der Waals surface area contributed by atoms with Gasteiger partial charge in [0.1, 0.15) is 0 Å². The maximum atomic E-state index is 12.4. The van der Waals surface area contributed by atoms with Crippen molar-refractivity contribution >= 4 is 49.1 Å². The average Bonchev–Trinajstić information content (AvgIpc) is 2.44. The zero-order valence-electron chi connectivity index (χ0n) is 13.9. The molecule has 0 aliphatic rings. The second-order valence-electron chi connectivity index (χ2n) is 6.46. The number of carbonyl (C=O) groups is 1. The molecular weight excluding hydrogens is 428 g/mol. The summed E-state index contributed by atoms with van der Waals surface area (Å²) in [5, 5.41) is 2.96. The largest absolute Gasteiger partial charge is 0.322 e. The van der Waals surface area contributed by atoms with Gasteiger partial charge in [-0.05, 0) is 57.2 Å². The molecule has 0 saturated heterocycles. The fourth-order valence-corrected chi connectivity index (χ4v) is 4.30. The number of halogens is 2. The van der Waals surface area contributed by atoms with E-state index in [-0.39, 0.29) is 4.90 Å². The molecule has 2 rings (SSSR count). The van der Waals surface area contributed by atoms with E-state index in [0.717, 1.165) is 4.47 Å². The highest BCUT2D eigenvalue weighted by atomic mass is 79.9. The zero-order chi connectivity index (χ0) is 18.8. The Morgan fingerprint density at radius 3 is 2.40 bits per heavy atom. The SMILES string of the molecule is CC(C)(C)NS(=O)(=O)c1cccc(NC(=O)c2ccc(Br)cc2Cl)c1. The van der Waals surface area contributed by atoms with Crippen LogP contribution in [-0.2, 0) is 10.0 Å². The lowest BCUT2D eigenvalue weighted by molar-refractivity contribution is 0.102. The molecule has 8 heteroatoms. The second-order valence-corrected chi connectivity index (χ2v) is 9.47. The molecule has 2 N–H and O–H groups in total. The summed E-state index contributed by atoms with van der Waals surface area (Å²) >= 11 is 9.35. The van der Waals surface area contributed by atoms with Crippen molar-refractivity contribution < 1.29 is 13.2 Å². The molecule has 0 atom stereocenters. The lowest BCUT2D eigenvalue weighted by atomic mass is 10.1. The van der Waals surface area contributed by atoms with Gasteiger partial charge in [-0.1, -0.05) is 33.6 Å². The molecule has 0 heterocycles. The quantitative estimate of drug-likeness (QED) is 0.731. The van der Waals surface area contributed by atoms with Crippen LogP contribution in [0.2, 0.25) is 5.02 Å². The highest BCUT2D eigenvalue weighted by Gasteiger charge is 2.22. The fraction of sp³-hybridized carbons (Fsp3) is 0.235. The minimum atomic E-state index is -3.69. The normalized spacial score (nSPS) is 12.0. The van der Waals surface area contributed by atoms with Crippen LogP contribution in [0.4, 0.5) is 5.69 Å². The predicted octanol–water partition coefficient (Wildman–Crippen LogP) is 4.43. The molecule has 0 saturated carbocycles. The van der Waals surface area contributed by atoms with Gasteiger partial charge in [-0.25, -0.2) is 13.1 Å². The number of carbonyl (C=O) groups excluding carboxylic acids is 1. The first-order valence-electron chi connectivity index (χ1n) is 7.38. The van der Waals surface area contributed by atoms with E-state index in [2.05, 4.69) is 26.0 Å². The first-order valence-corrected chi connectivity index (χ1v) is 10.0. The Kier molecular flexibility index (Phi) is 5.93. The van der Waals surface area contributed by atoms with Crippen LogP contribution in [-0.4, -0.2) is 19.9 Å². The molecule has 0 bridgehead atoms. The number of hydrogen-bond donors (Lipinski definition) is 2. The molecule has 25 heavy (non-hydrogen) atoms. The molecule has 0 aliphatic carbocycles. The Bertz CT molecular complexity index is 908. The highest BCUT2D eigenvalue weighted by molar-refractivity contribution is 9.10. The Hall–Kier alpha value is -1.41. The van der Waals surface area contributed by atoms with E-state index in [9.17, 15) is 13.2 Å². The second kappa shape index (κ2) is 7.45. The number of amides is 1. The number of nitrogens with one attached hydrogen (secondary N) is 2. The van der Waals surface area contributed by atoms with Crippen molar-refractivity contribution in [3.63, 3.8) is 0 Å². The van der Waals surface area contributed by atoms with Gasteiger partial charge in [0.05, 0.1) is 15.5 Å². The van der Waals surface area contributed by atoms with Crippen molar-refractivity contribution in [1.29, 1.82) is 0 Å². The van der Waals surface area contributed by atoms with Crippen molar-refractivity contribution in [2.75, 3.05) is 5.32 Å². The first-order chi connectivity index (χ1) is 11.5. The third kappa shape index (κ3) is 5.54. The summed E-state index contributed by atoms with van der Waals surface area (Å²) in [6.07, 6.45) is 0. The summed E-state index contributed by atoms with van der Waals surface area (Å²) in [5.41, 5.74) is 0.0509. The summed E-state index contributed by atoms with van der Waals surface area (Å²) in [6.45, 7) is 5.27. The van der Waals surface area contributed by atoms with Crippen LogP contribution in [0, 0.1) is 0 Å². The standard InChI is InChI=1S/C17H18BrClN2O3S/c1-17(2,3)21-25(23,24)13-6-4-5-12(10-13)20-16(22)14-8-7-11(18)9-15(14)19/h4-10,21H,1-3H3,(H,20,22). The Morgan fingerprint density at radius 1 is 1.12 bits per heavy atom. The van der Waals surface area contributed by atoms with Crippen LogP contribution in [0.1, 0.15) is 31.1 Å². The number of sulfonamides is 1. The molecule has 0 fully saturated rings. The van der Waals surface area contributed by atoms with Crippen molar-refractivity contribution in [2.45, 2.75) is 31.2 Å². The lowest BCUT2D eigenvalue weighted by Gasteiger charge is -2.20. The Morgan fingerprint density at radius 2 is 1.80 bits per heavy atom. The minimum absolute atomic E-state index is 0.0714. The van der Waals surface area contributed by atoms with Crippen molar-refractivity contribution in [1.82, 2.24) is 4.72 Å². The molecule has 0 aliphatic heterocycles. The third-order valence-corrected chi connectivity index (χ3v) is 5.58. The maximum absolute atomic E-state index is 12.4. The van der Waals surface area contributed by atoms with Crippen molar-refractivity contribution in [2.24, 2.45) is 0 Å². The van der Waals surface area contributed by atoms with Crippen molar-refractivity contribution in [3.05, 3.63) is 57.5 Å². The molecule has 0 spiro atoms. The van der Waals surface area contributed by atoms with Crippen LogP contribution < -0.4 is 10.0 Å². The summed E-state index contributed by atoms with van der Waals surface area (Å²) in [4.78, 5) is 12.4. The monoisotopic (exact) mass is 444 g/mol. The topological polar surface area (TPSA) is 75.3 Å². The summed E-state index contributed by atoms with van der Waals surface area (Å²) in [6, 6.07) is 11.0. The molecule has 134 valence electrons. The summed E-state index contributed by atoms with van der Waals surface area (Å²) in [7, 11) is -3.69. The molecular formula is C17H18BrClN2O3S. The number of benzene rings is 2. The van der Waals surface area contributed by atoms with E-state index in [1.165, 1.54) is 12.1 Å². The van der Waals surface area contributed by atoms with E-state index in [1.54, 1.807) is 51.1 Å². The Balaban J connectivity index is 2.26. The number of hydrogen-bond acceptors (Lipinski definition) is 3. The van der Waals surface area contributed by atoms with E-state index >= 15 is 0 Å². The lowest BCUT2D eigenvalue weighted by Crippen LogP contribution is -2.40. The van der Waals surface area contributed by atoms with Gasteiger partial charge in [-0.3, -0.25) is 4.79 Å². The molecule has 5 nitrogen and oxygen atoms in total. The smallest absolute Gasteiger partial charge is 0.257 e. The van der Waals surface area contributed by atoms with Gasteiger partial charge < -0.3 is 5.32 Å². The molecule has 2 aromatic rings.